The highest BCUT2D eigenvalue weighted by atomic mass is 35.5. The topological polar surface area (TPSA) is 108 Å². The maximum atomic E-state index is 12.7. The third-order valence-electron chi connectivity index (χ3n) is 4.61. The zero-order chi connectivity index (χ0) is 21.9. The van der Waals surface area contributed by atoms with Gasteiger partial charge in [-0.15, -0.1) is 0 Å². The van der Waals surface area contributed by atoms with Gasteiger partial charge in [-0.25, -0.2) is 8.42 Å². The zero-order valence-electron chi connectivity index (χ0n) is 16.5. The van der Waals surface area contributed by atoms with E-state index in [-0.39, 0.29) is 37.1 Å². The van der Waals surface area contributed by atoms with E-state index in [1.165, 1.54) is 16.4 Å². The Kier molecular flexibility index (Phi) is 6.81. The molecule has 0 atom stereocenters. The maximum Gasteiger partial charge on any atom is 0.312 e. The lowest BCUT2D eigenvalue weighted by Gasteiger charge is -2.21. The molecule has 0 saturated carbocycles. The Morgan fingerprint density at radius 2 is 1.97 bits per heavy atom. The molecule has 0 aromatic heterocycles. The molecule has 0 N–H and O–H groups in total. The second kappa shape index (κ2) is 9.17. The lowest BCUT2D eigenvalue weighted by molar-refractivity contribution is -0.386. The Labute approximate surface area is 179 Å². The number of sulfonamides is 1. The molecule has 162 valence electrons. The number of rotatable bonds is 8. The summed E-state index contributed by atoms with van der Waals surface area (Å²) in [4.78, 5) is 10.7. The van der Waals surface area contributed by atoms with Crippen molar-refractivity contribution < 1.29 is 27.6 Å². The minimum atomic E-state index is -3.84. The number of halogens is 1. The highest BCUT2D eigenvalue weighted by molar-refractivity contribution is 7.89. The molecule has 0 spiro atoms. The van der Waals surface area contributed by atoms with Gasteiger partial charge in [0.1, 0.15) is 12.4 Å². The van der Waals surface area contributed by atoms with Crippen molar-refractivity contribution in [3.63, 3.8) is 0 Å². The van der Waals surface area contributed by atoms with E-state index in [2.05, 4.69) is 0 Å². The molecule has 0 aliphatic carbocycles. The first kappa shape index (κ1) is 22.3. The van der Waals surface area contributed by atoms with Crippen molar-refractivity contribution in [2.75, 3.05) is 19.9 Å². The van der Waals surface area contributed by atoms with Crippen molar-refractivity contribution in [1.82, 2.24) is 4.31 Å². The second-order valence-corrected chi connectivity index (χ2v) is 8.80. The molecule has 0 radical (unpaired) electrons. The Morgan fingerprint density at radius 1 is 1.23 bits per heavy atom. The quantitative estimate of drug-likeness (QED) is 0.440. The normalized spacial score (nSPS) is 13.6. The van der Waals surface area contributed by atoms with Gasteiger partial charge in [0.15, 0.2) is 12.5 Å². The van der Waals surface area contributed by atoms with Gasteiger partial charge in [-0.1, -0.05) is 25.4 Å². The number of nitro groups is 1. The van der Waals surface area contributed by atoms with Crippen molar-refractivity contribution in [3.8, 4) is 11.5 Å². The van der Waals surface area contributed by atoms with E-state index in [4.69, 9.17) is 25.8 Å². The molecule has 0 fully saturated rings. The third kappa shape index (κ3) is 4.51. The van der Waals surface area contributed by atoms with E-state index < -0.39 is 20.6 Å². The van der Waals surface area contributed by atoms with Crippen LogP contribution >= 0.6 is 11.6 Å². The van der Waals surface area contributed by atoms with E-state index >= 15 is 0 Å². The first-order valence-corrected chi connectivity index (χ1v) is 11.0. The number of hydrogen-bond donors (Lipinski definition) is 0. The van der Waals surface area contributed by atoms with Crippen LogP contribution in [0.15, 0.2) is 35.2 Å². The van der Waals surface area contributed by atoms with Crippen molar-refractivity contribution in [1.29, 1.82) is 0 Å². The first-order valence-electron chi connectivity index (χ1n) is 9.21. The molecule has 2 aromatic carbocycles. The zero-order valence-corrected chi connectivity index (χ0v) is 18.0. The van der Waals surface area contributed by atoms with Crippen LogP contribution in [-0.4, -0.2) is 37.5 Å². The summed E-state index contributed by atoms with van der Waals surface area (Å²) in [6, 6.07) is 6.97. The summed E-state index contributed by atoms with van der Waals surface area (Å²) in [6.07, 6.45) is 0. The van der Waals surface area contributed by atoms with Crippen molar-refractivity contribution in [2.45, 2.75) is 32.0 Å². The summed E-state index contributed by atoms with van der Waals surface area (Å²) in [6.45, 7) is 4.28. The van der Waals surface area contributed by atoms with Gasteiger partial charge in [0.25, 0.3) is 0 Å². The molecule has 11 heteroatoms. The van der Waals surface area contributed by atoms with Crippen LogP contribution in [0.25, 0.3) is 0 Å². The van der Waals surface area contributed by atoms with Crippen LogP contribution in [0.4, 0.5) is 5.69 Å². The average Bonchev–Trinajstić information content (AvgIpc) is 2.72. The van der Waals surface area contributed by atoms with Crippen LogP contribution in [-0.2, 0) is 28.0 Å². The van der Waals surface area contributed by atoms with Crippen LogP contribution in [0.5, 0.6) is 11.5 Å². The van der Waals surface area contributed by atoms with Crippen molar-refractivity contribution >= 4 is 27.3 Å². The number of nitrogens with zero attached hydrogens (tertiary/aromatic N) is 2. The summed E-state index contributed by atoms with van der Waals surface area (Å²) < 4.78 is 43.0. The van der Waals surface area contributed by atoms with Gasteiger partial charge >= 0.3 is 5.69 Å². The van der Waals surface area contributed by atoms with Gasteiger partial charge in [-0.3, -0.25) is 10.1 Å². The Morgan fingerprint density at radius 3 is 2.63 bits per heavy atom. The second-order valence-electron chi connectivity index (χ2n) is 6.43. The summed E-state index contributed by atoms with van der Waals surface area (Å²) in [7, 11) is -3.84. The van der Waals surface area contributed by atoms with Crippen molar-refractivity contribution in [2.24, 2.45) is 0 Å². The van der Waals surface area contributed by atoms with Crippen LogP contribution in [0.3, 0.4) is 0 Å². The van der Waals surface area contributed by atoms with Crippen LogP contribution in [0, 0.1) is 10.1 Å². The fourth-order valence-corrected chi connectivity index (χ4v) is 4.90. The molecule has 1 aliphatic rings. The average molecular weight is 457 g/mol. The molecule has 0 bridgehead atoms. The summed E-state index contributed by atoms with van der Waals surface area (Å²) in [5.41, 5.74) is 0.917. The molecule has 0 amide bonds. The smallest absolute Gasteiger partial charge is 0.312 e. The monoisotopic (exact) mass is 456 g/mol. The Balaban J connectivity index is 1.91. The van der Waals surface area contributed by atoms with E-state index in [9.17, 15) is 18.5 Å². The molecule has 2 aromatic rings. The number of nitro benzene ring substituents is 1. The summed E-state index contributed by atoms with van der Waals surface area (Å²) >= 11 is 6.13. The first-order chi connectivity index (χ1) is 14.3. The molecule has 1 aliphatic heterocycles. The lowest BCUT2D eigenvalue weighted by atomic mass is 10.1. The molecule has 3 rings (SSSR count). The van der Waals surface area contributed by atoms with Crippen LogP contribution in [0.2, 0.25) is 5.02 Å². The van der Waals surface area contributed by atoms with E-state index in [1.807, 2.05) is 0 Å². The molecule has 9 nitrogen and oxygen atoms in total. The SMILES string of the molecule is CCN(CC)S(=O)(=O)c1ccc(OCc2cc(Cl)cc3c2OCOC3)c([N+](=O)[O-])c1. The molecular weight excluding hydrogens is 436 g/mol. The Bertz CT molecular complexity index is 1060. The van der Waals surface area contributed by atoms with Gasteiger partial charge in [0.2, 0.25) is 10.0 Å². The van der Waals surface area contributed by atoms with Gasteiger partial charge in [0, 0.05) is 35.3 Å². The van der Waals surface area contributed by atoms with E-state index in [0.29, 0.717) is 22.9 Å². The van der Waals surface area contributed by atoms with Gasteiger partial charge in [-0.2, -0.15) is 4.31 Å². The van der Waals surface area contributed by atoms with Gasteiger partial charge in [-0.05, 0) is 24.3 Å². The highest BCUT2D eigenvalue weighted by Crippen LogP contribution is 2.35. The summed E-state index contributed by atoms with van der Waals surface area (Å²) in [5.74, 6) is 0.508. The highest BCUT2D eigenvalue weighted by Gasteiger charge is 2.26. The van der Waals surface area contributed by atoms with Crippen LogP contribution in [0.1, 0.15) is 25.0 Å². The molecule has 0 unspecified atom stereocenters. The number of fused-ring (bicyclic) bond motifs is 1. The Hall–Kier alpha value is -2.40. The van der Waals surface area contributed by atoms with Gasteiger partial charge in [0.05, 0.1) is 16.4 Å². The number of benzene rings is 2. The third-order valence-corrected chi connectivity index (χ3v) is 6.87. The molecule has 0 saturated heterocycles. The maximum absolute atomic E-state index is 12.7. The standard InChI is InChI=1S/C19H21ClN2O7S/c1-3-21(4-2)30(25,26)16-5-6-18(17(9-16)22(23)24)28-11-14-8-15(20)7-13-10-27-12-29-19(13)14/h5-9H,3-4,10-12H2,1-2H3. The molecule has 30 heavy (non-hydrogen) atoms. The fourth-order valence-electron chi connectivity index (χ4n) is 3.15. The largest absolute Gasteiger partial charge is 0.482 e. The predicted molar refractivity (Wildman–Crippen MR) is 109 cm³/mol. The molecule has 1 heterocycles. The van der Waals surface area contributed by atoms with Crippen LogP contribution < -0.4 is 9.47 Å². The van der Waals surface area contributed by atoms with E-state index in [0.717, 1.165) is 11.6 Å². The number of ether oxygens (including phenoxy) is 3. The van der Waals surface area contributed by atoms with Gasteiger partial charge < -0.3 is 14.2 Å². The number of hydrogen-bond acceptors (Lipinski definition) is 7. The predicted octanol–water partition coefficient (Wildman–Crippen LogP) is 3.72. The fraction of sp³-hybridized carbons (Fsp3) is 0.368. The lowest BCUT2D eigenvalue weighted by Crippen LogP contribution is -2.30. The summed E-state index contributed by atoms with van der Waals surface area (Å²) in [5, 5.41) is 12.0. The molecular formula is C19H21ClN2O7S. The minimum absolute atomic E-state index is 0.0497. The van der Waals surface area contributed by atoms with E-state index in [1.54, 1.807) is 26.0 Å². The van der Waals surface area contributed by atoms with Crippen molar-refractivity contribution in [3.05, 3.63) is 56.6 Å². The minimum Gasteiger partial charge on any atom is -0.482 e.